The van der Waals surface area contributed by atoms with E-state index in [4.69, 9.17) is 17.0 Å². The number of thiocarbonyl (C=S) groups is 1. The van der Waals surface area contributed by atoms with Gasteiger partial charge in [0, 0.05) is 23.9 Å². The van der Waals surface area contributed by atoms with Gasteiger partial charge in [0.05, 0.1) is 13.0 Å². The lowest BCUT2D eigenvalue weighted by atomic mass is 9.95. The van der Waals surface area contributed by atoms with Crippen molar-refractivity contribution in [3.05, 3.63) is 46.0 Å². The van der Waals surface area contributed by atoms with Gasteiger partial charge in [-0.3, -0.25) is 4.79 Å². The highest BCUT2D eigenvalue weighted by Crippen LogP contribution is 2.38. The Morgan fingerprint density at radius 3 is 2.47 bits per heavy atom. The van der Waals surface area contributed by atoms with Gasteiger partial charge in [0.1, 0.15) is 0 Å². The zero-order chi connectivity index (χ0) is 22.7. The molecule has 1 atom stereocenters. The molecule has 1 aromatic carbocycles. The number of aromatic hydroxyl groups is 1. The van der Waals surface area contributed by atoms with Gasteiger partial charge in [0.2, 0.25) is 11.8 Å². The fraction of sp³-hybridized carbons (Fsp3) is 0.458. The number of methoxy groups -OCH3 is 1. The molecular formula is C24H29N3O4S. The van der Waals surface area contributed by atoms with Crippen LogP contribution in [0.3, 0.4) is 0 Å². The van der Waals surface area contributed by atoms with E-state index in [-0.39, 0.29) is 17.3 Å². The molecule has 2 aliphatic carbocycles. The molecule has 0 amide bonds. The Kier molecular flexibility index (Phi) is 6.79. The first-order valence-corrected chi connectivity index (χ1v) is 11.6. The van der Waals surface area contributed by atoms with Gasteiger partial charge in [0.15, 0.2) is 5.11 Å². The summed E-state index contributed by atoms with van der Waals surface area (Å²) in [6.45, 7) is 0.539. The normalized spacial score (nSPS) is 15.0. The molecule has 1 heterocycles. The second-order valence-electron chi connectivity index (χ2n) is 8.41. The largest absolute Gasteiger partial charge is 0.493 e. The van der Waals surface area contributed by atoms with Crippen molar-refractivity contribution in [2.75, 3.05) is 19.0 Å². The molecule has 0 bridgehead atoms. The lowest BCUT2D eigenvalue weighted by Gasteiger charge is -2.19. The molecule has 0 spiro atoms. The van der Waals surface area contributed by atoms with Gasteiger partial charge < -0.3 is 25.6 Å². The van der Waals surface area contributed by atoms with Crippen molar-refractivity contribution in [3.63, 3.8) is 0 Å². The van der Waals surface area contributed by atoms with Crippen molar-refractivity contribution >= 4 is 29.0 Å². The number of nitrogens with one attached hydrogen (secondary N) is 2. The Bertz CT molecular complexity index is 1010. The molecule has 0 radical (unpaired) electrons. The fourth-order valence-corrected chi connectivity index (χ4v) is 5.08. The zero-order valence-corrected chi connectivity index (χ0v) is 19.1. The van der Waals surface area contributed by atoms with E-state index < -0.39 is 11.9 Å². The summed E-state index contributed by atoms with van der Waals surface area (Å²) in [5.74, 6) is -1.91. The molecule has 2 aliphatic rings. The first-order valence-electron chi connectivity index (χ1n) is 11.2. The average molecular weight is 456 g/mol. The van der Waals surface area contributed by atoms with Crippen LogP contribution >= 0.6 is 12.2 Å². The maximum absolute atomic E-state index is 11.8. The van der Waals surface area contributed by atoms with Crippen molar-refractivity contribution in [2.45, 2.75) is 57.3 Å². The summed E-state index contributed by atoms with van der Waals surface area (Å²) in [6, 6.07) is 5.50. The number of ether oxygens (including phenoxy) is 1. The number of benzene rings is 1. The highest BCUT2D eigenvalue weighted by atomic mass is 32.1. The van der Waals surface area contributed by atoms with E-state index in [1.165, 1.54) is 47.9 Å². The van der Waals surface area contributed by atoms with E-state index in [9.17, 15) is 15.0 Å². The van der Waals surface area contributed by atoms with Crippen molar-refractivity contribution in [1.82, 2.24) is 10.3 Å². The molecule has 4 rings (SSSR count). The predicted molar refractivity (Wildman–Crippen MR) is 127 cm³/mol. The van der Waals surface area contributed by atoms with Gasteiger partial charge in [-0.1, -0.05) is 6.07 Å². The standard InChI is InChI=1S/C24H29N3O4S/c1-31-20-11-10-18(22(28)26-20)19(23(29)30)9-4-12-25-24(32)27-21-16-7-2-5-14(16)13-15-6-3-8-17(15)21/h10-11,13,19H,2-9,12H2,1H3,(H,26,28)(H,29,30)(H2,25,27,32). The van der Waals surface area contributed by atoms with E-state index in [2.05, 4.69) is 21.7 Å². The number of nitrogens with zero attached hydrogens (tertiary/aromatic N) is 1. The molecule has 1 unspecified atom stereocenters. The number of hydrogen-bond donors (Lipinski definition) is 4. The Morgan fingerprint density at radius 1 is 1.19 bits per heavy atom. The monoisotopic (exact) mass is 455 g/mol. The number of rotatable bonds is 8. The predicted octanol–water partition coefficient (Wildman–Crippen LogP) is 3.71. The van der Waals surface area contributed by atoms with Gasteiger partial charge in [-0.05, 0) is 91.9 Å². The Morgan fingerprint density at radius 2 is 1.88 bits per heavy atom. The van der Waals surface area contributed by atoms with Crippen LogP contribution in [0.15, 0.2) is 18.2 Å². The molecule has 8 heteroatoms. The molecule has 2 aromatic rings. The van der Waals surface area contributed by atoms with Gasteiger partial charge in [-0.25, -0.2) is 0 Å². The third-order valence-electron chi connectivity index (χ3n) is 6.43. The topological polar surface area (TPSA) is 104 Å². The molecule has 7 nitrogen and oxygen atoms in total. The van der Waals surface area contributed by atoms with Crippen molar-refractivity contribution < 1.29 is 19.7 Å². The van der Waals surface area contributed by atoms with Crippen LogP contribution in [0.5, 0.6) is 11.8 Å². The van der Waals surface area contributed by atoms with E-state index >= 15 is 0 Å². The summed E-state index contributed by atoms with van der Waals surface area (Å²) in [6.07, 6.45) is 7.77. The quantitative estimate of drug-likeness (QED) is 0.353. The van der Waals surface area contributed by atoms with E-state index in [1.807, 2.05) is 0 Å². The number of carboxylic acids is 1. The molecule has 0 aliphatic heterocycles. The van der Waals surface area contributed by atoms with Crippen molar-refractivity contribution in [1.29, 1.82) is 0 Å². The minimum Gasteiger partial charge on any atom is -0.493 e. The molecular weight excluding hydrogens is 426 g/mol. The minimum atomic E-state index is -0.997. The van der Waals surface area contributed by atoms with Crippen molar-refractivity contribution in [2.24, 2.45) is 0 Å². The first kappa shape index (κ1) is 22.3. The average Bonchev–Trinajstić information content (AvgIpc) is 3.43. The molecule has 1 aromatic heterocycles. The molecule has 170 valence electrons. The SMILES string of the molecule is COc1ccc(C(CCCNC(=S)Nc2c3c(cc4c2CCC4)CCC3)C(=O)O)c(O)n1. The van der Waals surface area contributed by atoms with Gasteiger partial charge in [0.25, 0.3) is 0 Å². The third-order valence-corrected chi connectivity index (χ3v) is 6.68. The van der Waals surface area contributed by atoms with E-state index in [0.29, 0.717) is 24.5 Å². The Labute approximate surface area is 193 Å². The molecule has 0 saturated carbocycles. The highest BCUT2D eigenvalue weighted by molar-refractivity contribution is 7.80. The number of aliphatic carboxylic acids is 1. The second kappa shape index (κ2) is 9.73. The van der Waals surface area contributed by atoms with Gasteiger partial charge in [-0.15, -0.1) is 0 Å². The van der Waals surface area contributed by atoms with Crippen LogP contribution in [-0.4, -0.2) is 39.9 Å². The summed E-state index contributed by atoms with van der Waals surface area (Å²) in [5.41, 5.74) is 7.20. The van der Waals surface area contributed by atoms with Crippen LogP contribution < -0.4 is 15.4 Å². The number of carbonyl (C=O) groups is 1. The zero-order valence-electron chi connectivity index (χ0n) is 18.2. The van der Waals surface area contributed by atoms with Crippen LogP contribution in [0, 0.1) is 0 Å². The van der Waals surface area contributed by atoms with Crippen LogP contribution in [0.2, 0.25) is 0 Å². The maximum atomic E-state index is 11.8. The summed E-state index contributed by atoms with van der Waals surface area (Å²) in [7, 11) is 1.44. The summed E-state index contributed by atoms with van der Waals surface area (Å²) in [5, 5.41) is 27.0. The maximum Gasteiger partial charge on any atom is 0.311 e. The summed E-state index contributed by atoms with van der Waals surface area (Å²) < 4.78 is 4.97. The lowest BCUT2D eigenvalue weighted by molar-refractivity contribution is -0.139. The van der Waals surface area contributed by atoms with Gasteiger partial charge in [-0.2, -0.15) is 4.98 Å². The summed E-state index contributed by atoms with van der Waals surface area (Å²) >= 11 is 5.55. The molecule has 32 heavy (non-hydrogen) atoms. The van der Waals surface area contributed by atoms with Gasteiger partial charge >= 0.3 is 5.97 Å². The number of pyridine rings is 1. The molecule has 4 N–H and O–H groups in total. The molecule has 0 fully saturated rings. The number of anilines is 1. The number of carboxylic acid groups (broad SMARTS) is 1. The number of fused-ring (bicyclic) bond motifs is 2. The second-order valence-corrected chi connectivity index (χ2v) is 8.82. The first-order chi connectivity index (χ1) is 15.5. The van der Waals surface area contributed by atoms with Crippen LogP contribution in [0.1, 0.15) is 59.4 Å². The summed E-state index contributed by atoms with van der Waals surface area (Å²) in [4.78, 5) is 15.6. The Hall–Kier alpha value is -2.87. The van der Waals surface area contributed by atoms with Crippen molar-refractivity contribution in [3.8, 4) is 11.8 Å². The van der Waals surface area contributed by atoms with Crippen LogP contribution in [0.4, 0.5) is 5.69 Å². The smallest absolute Gasteiger partial charge is 0.311 e. The lowest BCUT2D eigenvalue weighted by Crippen LogP contribution is -2.30. The third kappa shape index (κ3) is 4.65. The number of hydrogen-bond acceptors (Lipinski definition) is 5. The van der Waals surface area contributed by atoms with E-state index in [1.54, 1.807) is 12.1 Å². The molecule has 0 saturated heterocycles. The Balaban J connectivity index is 1.34. The van der Waals surface area contributed by atoms with Crippen LogP contribution in [-0.2, 0) is 30.5 Å². The van der Waals surface area contributed by atoms with Crippen LogP contribution in [0.25, 0.3) is 0 Å². The fourth-order valence-electron chi connectivity index (χ4n) is 4.87. The number of aromatic nitrogens is 1. The number of aryl methyl sites for hydroxylation is 2. The minimum absolute atomic E-state index is 0.243. The van der Waals surface area contributed by atoms with E-state index in [0.717, 1.165) is 25.7 Å². The highest BCUT2D eigenvalue weighted by Gasteiger charge is 2.25.